The number of aliphatic imine (C=N–C) groups is 1. The SMILES string of the molecule is CC1(C)CC(=S)N=C1/C=C1\CCCN1. The summed E-state index contributed by atoms with van der Waals surface area (Å²) < 4.78 is 0. The summed E-state index contributed by atoms with van der Waals surface area (Å²) in [5, 5.41) is 3.37. The summed E-state index contributed by atoms with van der Waals surface area (Å²) in [7, 11) is 0. The molecule has 0 unspecified atom stereocenters. The molecule has 0 radical (unpaired) electrons. The Labute approximate surface area is 90.5 Å². The van der Waals surface area contributed by atoms with E-state index in [0.29, 0.717) is 0 Å². The molecule has 0 spiro atoms. The lowest BCUT2D eigenvalue weighted by Gasteiger charge is -2.17. The Hall–Kier alpha value is -0.700. The summed E-state index contributed by atoms with van der Waals surface area (Å²) in [5.74, 6) is 0. The van der Waals surface area contributed by atoms with Gasteiger partial charge in [0.25, 0.3) is 0 Å². The normalized spacial score (nSPS) is 28.0. The van der Waals surface area contributed by atoms with Crippen LogP contribution in [0, 0.1) is 5.41 Å². The number of hydrogen-bond acceptors (Lipinski definition) is 2. The lowest BCUT2D eigenvalue weighted by molar-refractivity contribution is 0.568. The van der Waals surface area contributed by atoms with E-state index in [1.165, 1.54) is 12.1 Å². The van der Waals surface area contributed by atoms with Gasteiger partial charge in [-0.05, 0) is 18.9 Å². The average molecular weight is 208 g/mol. The van der Waals surface area contributed by atoms with Crippen molar-refractivity contribution < 1.29 is 0 Å². The van der Waals surface area contributed by atoms with E-state index in [1.54, 1.807) is 0 Å². The first-order chi connectivity index (χ1) is 6.58. The molecule has 2 heterocycles. The van der Waals surface area contributed by atoms with Crippen LogP contribution in [0.5, 0.6) is 0 Å². The standard InChI is InChI=1S/C11H16N2S/c1-11(2)7-10(14)13-9(11)6-8-4-3-5-12-8/h6,12H,3-5,7H2,1-2H3/b8-6+. The van der Waals surface area contributed by atoms with Gasteiger partial charge in [0, 0.05) is 29.8 Å². The Morgan fingerprint density at radius 3 is 2.79 bits per heavy atom. The van der Waals surface area contributed by atoms with Gasteiger partial charge >= 0.3 is 0 Å². The molecule has 2 aliphatic heterocycles. The Morgan fingerprint density at radius 2 is 2.29 bits per heavy atom. The third kappa shape index (κ3) is 1.87. The van der Waals surface area contributed by atoms with Crippen LogP contribution >= 0.6 is 12.2 Å². The van der Waals surface area contributed by atoms with Gasteiger partial charge in [-0.15, -0.1) is 0 Å². The lowest BCUT2D eigenvalue weighted by Crippen LogP contribution is -2.19. The Bertz CT molecular complexity index is 318. The average Bonchev–Trinajstić information content (AvgIpc) is 2.61. The minimum atomic E-state index is 0.133. The second-order valence-corrected chi connectivity index (χ2v) is 5.12. The van der Waals surface area contributed by atoms with Crippen LogP contribution in [0.25, 0.3) is 0 Å². The van der Waals surface area contributed by atoms with Gasteiger partial charge in [0.2, 0.25) is 0 Å². The number of nitrogens with zero attached hydrogens (tertiary/aromatic N) is 1. The molecule has 0 saturated carbocycles. The molecule has 0 aromatic carbocycles. The minimum absolute atomic E-state index is 0.133. The van der Waals surface area contributed by atoms with Gasteiger partial charge in [-0.2, -0.15) is 0 Å². The zero-order chi connectivity index (χ0) is 10.2. The summed E-state index contributed by atoms with van der Waals surface area (Å²) in [6, 6.07) is 0. The molecule has 2 rings (SSSR count). The van der Waals surface area contributed by atoms with Crippen LogP contribution < -0.4 is 5.32 Å². The second-order valence-electron chi connectivity index (χ2n) is 4.65. The first-order valence-electron chi connectivity index (χ1n) is 5.14. The highest BCUT2D eigenvalue weighted by atomic mass is 32.1. The van der Waals surface area contributed by atoms with Crippen LogP contribution in [-0.4, -0.2) is 17.2 Å². The van der Waals surface area contributed by atoms with Gasteiger partial charge in [-0.3, -0.25) is 0 Å². The second kappa shape index (κ2) is 3.46. The summed E-state index contributed by atoms with van der Waals surface area (Å²) in [6.45, 7) is 5.51. The number of thiocarbonyl (C=S) groups is 1. The van der Waals surface area contributed by atoms with Gasteiger partial charge in [0.1, 0.15) is 4.99 Å². The van der Waals surface area contributed by atoms with Gasteiger partial charge < -0.3 is 5.32 Å². The van der Waals surface area contributed by atoms with Crippen molar-refractivity contribution in [2.45, 2.75) is 33.1 Å². The topological polar surface area (TPSA) is 24.4 Å². The molecule has 1 saturated heterocycles. The van der Waals surface area contributed by atoms with Crippen LogP contribution in [-0.2, 0) is 0 Å². The number of hydrogen-bond donors (Lipinski definition) is 1. The van der Waals surface area contributed by atoms with Crippen molar-refractivity contribution in [1.82, 2.24) is 5.32 Å². The highest BCUT2D eigenvalue weighted by Gasteiger charge is 2.31. The monoisotopic (exact) mass is 208 g/mol. The van der Waals surface area contributed by atoms with E-state index in [4.69, 9.17) is 12.2 Å². The third-order valence-electron chi connectivity index (χ3n) is 2.82. The molecule has 0 bridgehead atoms. The predicted octanol–water partition coefficient (Wildman–Crippen LogP) is 2.45. The van der Waals surface area contributed by atoms with Crippen molar-refractivity contribution in [3.63, 3.8) is 0 Å². The van der Waals surface area contributed by atoms with Gasteiger partial charge in [-0.1, -0.05) is 26.1 Å². The molecule has 3 heteroatoms. The van der Waals surface area contributed by atoms with Crippen LogP contribution in [0.3, 0.4) is 0 Å². The lowest BCUT2D eigenvalue weighted by atomic mass is 9.86. The minimum Gasteiger partial charge on any atom is -0.388 e. The molecular formula is C11H16N2S. The quantitative estimate of drug-likeness (QED) is 0.669. The van der Waals surface area contributed by atoms with E-state index < -0.39 is 0 Å². The Balaban J connectivity index is 2.21. The van der Waals surface area contributed by atoms with Crippen molar-refractivity contribution in [3.05, 3.63) is 11.8 Å². The molecule has 0 aliphatic carbocycles. The fourth-order valence-corrected chi connectivity index (χ4v) is 2.39. The number of nitrogens with one attached hydrogen (secondary N) is 1. The first-order valence-corrected chi connectivity index (χ1v) is 5.55. The van der Waals surface area contributed by atoms with Crippen LogP contribution in [0.2, 0.25) is 0 Å². The van der Waals surface area contributed by atoms with Gasteiger partial charge in [0.15, 0.2) is 0 Å². The summed E-state index contributed by atoms with van der Waals surface area (Å²) >= 11 is 5.15. The Morgan fingerprint density at radius 1 is 1.50 bits per heavy atom. The fraction of sp³-hybridized carbons (Fsp3) is 0.636. The zero-order valence-corrected chi connectivity index (χ0v) is 9.58. The van der Waals surface area contributed by atoms with E-state index in [2.05, 4.69) is 30.2 Å². The molecule has 1 N–H and O–H groups in total. The summed E-state index contributed by atoms with van der Waals surface area (Å²) in [5.41, 5.74) is 2.60. The molecular weight excluding hydrogens is 192 g/mol. The van der Waals surface area contributed by atoms with Crippen LogP contribution in [0.4, 0.5) is 0 Å². The fourth-order valence-electron chi connectivity index (χ4n) is 1.93. The largest absolute Gasteiger partial charge is 0.388 e. The predicted molar refractivity (Wildman–Crippen MR) is 63.8 cm³/mol. The molecule has 0 atom stereocenters. The molecule has 0 amide bonds. The number of allylic oxidation sites excluding steroid dienone is 2. The van der Waals surface area contributed by atoms with Crippen molar-refractivity contribution in [2.75, 3.05) is 6.54 Å². The molecule has 76 valence electrons. The van der Waals surface area contributed by atoms with Crippen LogP contribution in [0.1, 0.15) is 33.1 Å². The molecule has 2 nitrogen and oxygen atoms in total. The van der Waals surface area contributed by atoms with Crippen LogP contribution in [0.15, 0.2) is 16.8 Å². The molecule has 0 aromatic heterocycles. The first kappa shape index (κ1) is 9.84. The molecule has 0 aromatic rings. The van der Waals surface area contributed by atoms with E-state index in [0.717, 1.165) is 30.1 Å². The smallest absolute Gasteiger partial charge is 0.104 e. The van der Waals surface area contributed by atoms with E-state index in [-0.39, 0.29) is 5.41 Å². The van der Waals surface area contributed by atoms with E-state index in [9.17, 15) is 0 Å². The van der Waals surface area contributed by atoms with Crippen molar-refractivity contribution >= 4 is 22.9 Å². The highest BCUT2D eigenvalue weighted by Crippen LogP contribution is 2.31. The number of rotatable bonds is 1. The maximum atomic E-state index is 5.15. The Kier molecular flexibility index (Phi) is 2.43. The van der Waals surface area contributed by atoms with Crippen molar-refractivity contribution in [3.8, 4) is 0 Å². The zero-order valence-electron chi connectivity index (χ0n) is 8.76. The van der Waals surface area contributed by atoms with E-state index >= 15 is 0 Å². The van der Waals surface area contributed by atoms with Gasteiger partial charge in [0.05, 0.1) is 0 Å². The third-order valence-corrected chi connectivity index (χ3v) is 3.05. The van der Waals surface area contributed by atoms with Crippen molar-refractivity contribution in [1.29, 1.82) is 0 Å². The van der Waals surface area contributed by atoms with Crippen molar-refractivity contribution in [2.24, 2.45) is 10.4 Å². The maximum Gasteiger partial charge on any atom is 0.104 e. The summed E-state index contributed by atoms with van der Waals surface area (Å²) in [4.78, 5) is 5.28. The summed E-state index contributed by atoms with van der Waals surface area (Å²) in [6.07, 6.45) is 5.50. The maximum absolute atomic E-state index is 5.15. The van der Waals surface area contributed by atoms with Gasteiger partial charge in [-0.25, -0.2) is 4.99 Å². The molecule has 2 aliphatic rings. The molecule has 14 heavy (non-hydrogen) atoms. The highest BCUT2D eigenvalue weighted by molar-refractivity contribution is 7.80. The molecule has 1 fully saturated rings. The van der Waals surface area contributed by atoms with E-state index in [1.807, 2.05) is 0 Å².